The fraction of sp³-hybridized carbons (Fsp3) is 0.353. The van der Waals surface area contributed by atoms with Crippen LogP contribution in [0.2, 0.25) is 5.02 Å². The predicted octanol–water partition coefficient (Wildman–Crippen LogP) is 4.42. The molecule has 1 aliphatic carbocycles. The van der Waals surface area contributed by atoms with Gasteiger partial charge in [0.1, 0.15) is 10.7 Å². The number of rotatable bonds is 2. The Morgan fingerprint density at radius 1 is 1.30 bits per heavy atom. The molecule has 0 radical (unpaired) electrons. The Balaban J connectivity index is 1.80. The molecule has 0 saturated heterocycles. The zero-order valence-electron chi connectivity index (χ0n) is 13.0. The number of amides is 1. The minimum absolute atomic E-state index is 0.103. The number of fused-ring (bicyclic) bond motifs is 1. The van der Waals surface area contributed by atoms with Crippen molar-refractivity contribution in [2.75, 3.05) is 0 Å². The first-order valence-electron chi connectivity index (χ1n) is 7.40. The van der Waals surface area contributed by atoms with Gasteiger partial charge >= 0.3 is 0 Å². The van der Waals surface area contributed by atoms with Gasteiger partial charge in [-0.25, -0.2) is 5.43 Å². The Kier molecular flexibility index (Phi) is 4.25. The van der Waals surface area contributed by atoms with Gasteiger partial charge < -0.3 is 0 Å². The van der Waals surface area contributed by atoms with Crippen LogP contribution in [0.5, 0.6) is 0 Å². The molecule has 1 saturated carbocycles. The Hall–Kier alpha value is -1.72. The first-order chi connectivity index (χ1) is 10.9. The summed E-state index contributed by atoms with van der Waals surface area (Å²) >= 11 is 7.63. The van der Waals surface area contributed by atoms with Gasteiger partial charge in [0, 0.05) is 28.6 Å². The summed E-state index contributed by atoms with van der Waals surface area (Å²) in [6.45, 7) is 4.06. The van der Waals surface area contributed by atoms with E-state index in [1.807, 2.05) is 38.1 Å². The van der Waals surface area contributed by atoms with Gasteiger partial charge in [0.2, 0.25) is 0 Å². The highest BCUT2D eigenvalue weighted by Crippen LogP contribution is 2.35. The van der Waals surface area contributed by atoms with Crippen LogP contribution in [0, 0.1) is 5.41 Å². The summed E-state index contributed by atoms with van der Waals surface area (Å²) in [5, 5.41) is 5.48. The third-order valence-electron chi connectivity index (χ3n) is 3.82. The molecule has 0 bridgehead atoms. The van der Waals surface area contributed by atoms with Crippen LogP contribution in [-0.4, -0.2) is 17.4 Å². The number of ketones is 1. The lowest BCUT2D eigenvalue weighted by Crippen LogP contribution is -2.31. The van der Waals surface area contributed by atoms with Crippen molar-refractivity contribution in [3.8, 4) is 0 Å². The van der Waals surface area contributed by atoms with Crippen molar-refractivity contribution in [3.63, 3.8) is 0 Å². The number of benzene rings is 1. The number of halogens is 1. The molecule has 1 N–H and O–H groups in total. The summed E-state index contributed by atoms with van der Waals surface area (Å²) in [5.41, 5.74) is 3.17. The fourth-order valence-electron chi connectivity index (χ4n) is 2.92. The molecule has 23 heavy (non-hydrogen) atoms. The van der Waals surface area contributed by atoms with Crippen molar-refractivity contribution in [1.29, 1.82) is 0 Å². The molecule has 120 valence electrons. The zero-order valence-corrected chi connectivity index (χ0v) is 14.6. The van der Waals surface area contributed by atoms with Crippen LogP contribution < -0.4 is 5.43 Å². The second kappa shape index (κ2) is 6.06. The van der Waals surface area contributed by atoms with E-state index in [0.29, 0.717) is 29.2 Å². The lowest BCUT2D eigenvalue weighted by Gasteiger charge is -2.28. The van der Waals surface area contributed by atoms with Crippen molar-refractivity contribution in [2.45, 2.75) is 33.1 Å². The summed E-state index contributed by atoms with van der Waals surface area (Å²) in [6.07, 6.45) is 1.57. The molecule has 6 heteroatoms. The van der Waals surface area contributed by atoms with Gasteiger partial charge in [0.05, 0.1) is 5.02 Å². The van der Waals surface area contributed by atoms with E-state index in [9.17, 15) is 9.59 Å². The quantitative estimate of drug-likeness (QED) is 0.817. The molecule has 1 heterocycles. The molecule has 0 atom stereocenters. The van der Waals surface area contributed by atoms with Crippen LogP contribution >= 0.6 is 22.9 Å². The summed E-state index contributed by atoms with van der Waals surface area (Å²) in [7, 11) is 0. The lowest BCUT2D eigenvalue weighted by molar-refractivity contribution is -0.120. The van der Waals surface area contributed by atoms with Crippen molar-refractivity contribution in [1.82, 2.24) is 5.43 Å². The second-order valence-electron chi connectivity index (χ2n) is 6.59. The van der Waals surface area contributed by atoms with E-state index in [4.69, 9.17) is 11.6 Å². The van der Waals surface area contributed by atoms with E-state index < -0.39 is 0 Å². The number of hydrogen-bond donors (Lipinski definition) is 1. The number of nitrogens with one attached hydrogen (secondary N) is 1. The summed E-state index contributed by atoms with van der Waals surface area (Å²) < 4.78 is 0.962. The topological polar surface area (TPSA) is 58.5 Å². The average Bonchev–Trinajstić information content (AvgIpc) is 2.80. The number of carbonyl (C=O) groups excluding carboxylic acids is 2. The van der Waals surface area contributed by atoms with Crippen LogP contribution in [0.1, 0.15) is 42.8 Å². The van der Waals surface area contributed by atoms with Gasteiger partial charge in [-0.2, -0.15) is 5.10 Å². The maximum absolute atomic E-state index is 12.3. The molecule has 3 rings (SSSR count). The molecular formula is C17H17ClN2O2S. The third kappa shape index (κ3) is 3.46. The number of carbonyl (C=O) groups is 2. The molecule has 0 spiro atoms. The Labute approximate surface area is 143 Å². The van der Waals surface area contributed by atoms with Gasteiger partial charge in [-0.1, -0.05) is 43.6 Å². The van der Waals surface area contributed by atoms with E-state index in [1.54, 1.807) is 0 Å². The molecular weight excluding hydrogens is 332 g/mol. The molecule has 2 aromatic rings. The minimum atomic E-state index is -0.334. The smallest absolute Gasteiger partial charge is 0.283 e. The Bertz CT molecular complexity index is 823. The monoisotopic (exact) mass is 348 g/mol. The standard InChI is InChI=1S/C17H17ClN2O2S/c1-17(2)8-10(7-11(21)9-17)19-20-16(22)15-14(18)12-5-3-4-6-13(12)23-15/h3-6H,7-9H2,1-2H3,(H,20,22)/b19-10-. The normalized spacial score (nSPS) is 19.3. The van der Waals surface area contributed by atoms with E-state index in [1.165, 1.54) is 11.3 Å². The van der Waals surface area contributed by atoms with Gasteiger partial charge in [-0.3, -0.25) is 9.59 Å². The molecule has 1 fully saturated rings. The van der Waals surface area contributed by atoms with Crippen LogP contribution in [0.3, 0.4) is 0 Å². The van der Waals surface area contributed by atoms with E-state index in [-0.39, 0.29) is 17.1 Å². The van der Waals surface area contributed by atoms with Crippen molar-refractivity contribution >= 4 is 50.4 Å². The van der Waals surface area contributed by atoms with Crippen LogP contribution in [0.25, 0.3) is 10.1 Å². The maximum atomic E-state index is 12.3. The van der Waals surface area contributed by atoms with Crippen molar-refractivity contribution < 1.29 is 9.59 Å². The third-order valence-corrected chi connectivity index (χ3v) is 5.49. The molecule has 0 aliphatic heterocycles. The van der Waals surface area contributed by atoms with E-state index in [2.05, 4.69) is 10.5 Å². The number of Topliss-reactive ketones (excluding diaryl/α,β-unsaturated/α-hetero) is 1. The van der Waals surface area contributed by atoms with Crippen LogP contribution in [-0.2, 0) is 4.79 Å². The number of hydrogen-bond acceptors (Lipinski definition) is 4. The first-order valence-corrected chi connectivity index (χ1v) is 8.60. The van der Waals surface area contributed by atoms with E-state index >= 15 is 0 Å². The largest absolute Gasteiger partial charge is 0.299 e. The Morgan fingerprint density at radius 2 is 2.04 bits per heavy atom. The number of thiophene rings is 1. The molecule has 4 nitrogen and oxygen atoms in total. The van der Waals surface area contributed by atoms with Crippen LogP contribution in [0.15, 0.2) is 29.4 Å². The zero-order chi connectivity index (χ0) is 16.6. The predicted molar refractivity (Wildman–Crippen MR) is 94.4 cm³/mol. The fourth-order valence-corrected chi connectivity index (χ4v) is 4.33. The Morgan fingerprint density at radius 3 is 2.74 bits per heavy atom. The highest BCUT2D eigenvalue weighted by atomic mass is 35.5. The molecule has 1 aromatic heterocycles. The molecule has 1 aliphatic rings. The number of nitrogens with zero attached hydrogens (tertiary/aromatic N) is 1. The summed E-state index contributed by atoms with van der Waals surface area (Å²) in [6, 6.07) is 7.61. The highest BCUT2D eigenvalue weighted by molar-refractivity contribution is 7.21. The molecule has 1 aromatic carbocycles. The van der Waals surface area contributed by atoms with E-state index in [0.717, 1.165) is 15.8 Å². The maximum Gasteiger partial charge on any atom is 0.283 e. The molecule has 0 unspecified atom stereocenters. The van der Waals surface area contributed by atoms with Crippen molar-refractivity contribution in [3.05, 3.63) is 34.2 Å². The average molecular weight is 349 g/mol. The summed E-state index contributed by atoms with van der Waals surface area (Å²) in [4.78, 5) is 24.5. The first kappa shape index (κ1) is 16.1. The van der Waals surface area contributed by atoms with Gasteiger partial charge in [0.25, 0.3) is 5.91 Å². The van der Waals surface area contributed by atoms with Gasteiger partial charge in [-0.05, 0) is 17.9 Å². The lowest BCUT2D eigenvalue weighted by atomic mass is 9.76. The highest BCUT2D eigenvalue weighted by Gasteiger charge is 2.30. The number of hydrazone groups is 1. The van der Waals surface area contributed by atoms with Crippen molar-refractivity contribution in [2.24, 2.45) is 10.5 Å². The van der Waals surface area contributed by atoms with Gasteiger partial charge in [-0.15, -0.1) is 11.3 Å². The van der Waals surface area contributed by atoms with Gasteiger partial charge in [0.15, 0.2) is 0 Å². The molecule has 1 amide bonds. The second-order valence-corrected chi connectivity index (χ2v) is 8.02. The summed E-state index contributed by atoms with van der Waals surface area (Å²) in [5.74, 6) is -0.173. The minimum Gasteiger partial charge on any atom is -0.299 e. The SMILES string of the molecule is CC1(C)CC(=O)C/C(=N/NC(=O)c2sc3ccccc3c2Cl)C1. The van der Waals surface area contributed by atoms with Crippen LogP contribution in [0.4, 0.5) is 0 Å².